The van der Waals surface area contributed by atoms with Gasteiger partial charge in [0.15, 0.2) is 12.4 Å². The minimum atomic E-state index is -0.389. The number of amides is 1. The van der Waals surface area contributed by atoms with Crippen LogP contribution in [0.4, 0.5) is 5.69 Å². The fourth-order valence-electron chi connectivity index (χ4n) is 2.84. The molecule has 4 rings (SSSR count). The van der Waals surface area contributed by atoms with Crippen LogP contribution in [0.15, 0.2) is 61.1 Å². The molecule has 1 N–H and O–H groups in total. The maximum absolute atomic E-state index is 12.5. The number of halogens is 4. The first-order valence-corrected chi connectivity index (χ1v) is 10.8. The number of carbonyl (C=O) groups is 1. The van der Waals surface area contributed by atoms with Gasteiger partial charge >= 0.3 is 0 Å². The average Bonchev–Trinajstić information content (AvgIpc) is 3.41. The van der Waals surface area contributed by atoms with Gasteiger partial charge < -0.3 is 10.1 Å². The van der Waals surface area contributed by atoms with Crippen molar-refractivity contribution < 1.29 is 9.53 Å². The Morgan fingerprint density at radius 1 is 0.969 bits per heavy atom. The van der Waals surface area contributed by atoms with E-state index in [0.717, 1.165) is 5.56 Å². The maximum Gasteiger partial charge on any atom is 0.276 e. The zero-order valence-electron chi connectivity index (χ0n) is 16.3. The van der Waals surface area contributed by atoms with Crippen molar-refractivity contribution in [1.82, 2.24) is 19.6 Å². The topological polar surface area (TPSA) is 74.0 Å². The number of rotatable bonds is 7. The van der Waals surface area contributed by atoms with Crippen molar-refractivity contribution in [3.05, 3.63) is 92.4 Å². The van der Waals surface area contributed by atoms with Crippen molar-refractivity contribution in [2.24, 2.45) is 0 Å². The van der Waals surface area contributed by atoms with Gasteiger partial charge in [0.05, 0.1) is 23.5 Å². The summed E-state index contributed by atoms with van der Waals surface area (Å²) in [5.41, 5.74) is 1.47. The highest BCUT2D eigenvalue weighted by atomic mass is 35.5. The van der Waals surface area contributed by atoms with Gasteiger partial charge in [-0.1, -0.05) is 58.5 Å². The van der Waals surface area contributed by atoms with Gasteiger partial charge in [-0.3, -0.25) is 9.48 Å². The third-order valence-electron chi connectivity index (χ3n) is 4.41. The number of anilines is 1. The van der Waals surface area contributed by atoms with Gasteiger partial charge in [-0.2, -0.15) is 10.2 Å². The number of aromatic nitrogens is 4. The summed E-state index contributed by atoms with van der Waals surface area (Å²) in [5.74, 6) is 0.0339. The number of nitrogens with one attached hydrogen (secondary N) is 1. The van der Waals surface area contributed by atoms with Crippen LogP contribution >= 0.6 is 46.4 Å². The molecule has 0 radical (unpaired) electrons. The Balaban J connectivity index is 1.37. The lowest BCUT2D eigenvalue weighted by Crippen LogP contribution is -2.14. The Labute approximate surface area is 203 Å². The molecule has 32 heavy (non-hydrogen) atoms. The van der Waals surface area contributed by atoms with Crippen molar-refractivity contribution in [2.45, 2.75) is 13.3 Å². The Morgan fingerprint density at radius 3 is 2.47 bits per heavy atom. The van der Waals surface area contributed by atoms with Crippen LogP contribution in [0.5, 0.6) is 5.75 Å². The third-order valence-corrected chi connectivity index (χ3v) is 5.92. The molecule has 11 heteroatoms. The van der Waals surface area contributed by atoms with Crippen molar-refractivity contribution in [3.8, 4) is 5.75 Å². The van der Waals surface area contributed by atoms with E-state index in [1.807, 2.05) is 0 Å². The second-order valence-corrected chi connectivity index (χ2v) is 8.25. The van der Waals surface area contributed by atoms with Crippen molar-refractivity contribution in [1.29, 1.82) is 0 Å². The van der Waals surface area contributed by atoms with E-state index in [0.29, 0.717) is 38.1 Å². The van der Waals surface area contributed by atoms with Gasteiger partial charge in [-0.25, -0.2) is 4.68 Å². The lowest BCUT2D eigenvalue weighted by atomic mass is 10.2. The zero-order chi connectivity index (χ0) is 22.7. The molecule has 0 fully saturated rings. The van der Waals surface area contributed by atoms with Crippen LogP contribution in [0.1, 0.15) is 16.1 Å². The average molecular weight is 511 g/mol. The van der Waals surface area contributed by atoms with E-state index in [1.54, 1.807) is 59.5 Å². The minimum Gasteiger partial charge on any atom is -0.470 e. The molecule has 0 spiro atoms. The molecule has 0 saturated heterocycles. The monoisotopic (exact) mass is 509 g/mol. The molecule has 1 amide bonds. The quantitative estimate of drug-likeness (QED) is 0.329. The third kappa shape index (κ3) is 5.19. The standard InChI is InChI=1S/C21H15Cl4N5O2/c22-15-3-1-4-16(23)14(15)11-30-10-13(9-26-30)27-21(31)18-7-8-29(28-18)12-32-19-6-2-5-17(24)20(19)25/h1-10H,11-12H2,(H,27,31). The van der Waals surface area contributed by atoms with Crippen LogP contribution < -0.4 is 10.1 Å². The Bertz CT molecular complexity index is 1250. The second-order valence-electron chi connectivity index (χ2n) is 6.65. The molecule has 2 aromatic heterocycles. The van der Waals surface area contributed by atoms with E-state index in [4.69, 9.17) is 51.1 Å². The smallest absolute Gasteiger partial charge is 0.276 e. The van der Waals surface area contributed by atoms with E-state index in [-0.39, 0.29) is 18.3 Å². The lowest BCUT2D eigenvalue weighted by molar-refractivity contribution is 0.102. The number of benzene rings is 2. The SMILES string of the molecule is O=C(Nc1cnn(Cc2c(Cl)cccc2Cl)c1)c1ccn(COc2cccc(Cl)c2Cl)n1. The van der Waals surface area contributed by atoms with E-state index in [9.17, 15) is 4.79 Å². The molecule has 0 atom stereocenters. The van der Waals surface area contributed by atoms with Gasteiger partial charge in [0, 0.05) is 28.0 Å². The number of carbonyl (C=O) groups excluding carboxylic acids is 1. The van der Waals surface area contributed by atoms with Crippen molar-refractivity contribution >= 4 is 58.0 Å². The summed E-state index contributed by atoms with van der Waals surface area (Å²) in [4.78, 5) is 12.5. The predicted octanol–water partition coefficient (Wildman–Crippen LogP) is 6.03. The molecule has 0 aliphatic carbocycles. The second kappa shape index (κ2) is 9.83. The normalized spacial score (nSPS) is 10.9. The molecule has 0 unspecified atom stereocenters. The summed E-state index contributed by atoms with van der Waals surface area (Å²) < 4.78 is 8.71. The minimum absolute atomic E-state index is 0.0594. The Morgan fingerprint density at radius 2 is 1.69 bits per heavy atom. The molecule has 7 nitrogen and oxygen atoms in total. The van der Waals surface area contributed by atoms with Gasteiger partial charge in [-0.15, -0.1) is 0 Å². The summed E-state index contributed by atoms with van der Waals surface area (Å²) in [7, 11) is 0. The van der Waals surface area contributed by atoms with Gasteiger partial charge in [0.2, 0.25) is 0 Å². The van der Waals surface area contributed by atoms with Crippen molar-refractivity contribution in [3.63, 3.8) is 0 Å². The van der Waals surface area contributed by atoms with E-state index < -0.39 is 0 Å². The van der Waals surface area contributed by atoms with Gasteiger partial charge in [0.25, 0.3) is 5.91 Å². The van der Waals surface area contributed by atoms with E-state index in [1.165, 1.54) is 10.9 Å². The molecule has 0 aliphatic rings. The van der Waals surface area contributed by atoms with Gasteiger partial charge in [-0.05, 0) is 30.3 Å². The summed E-state index contributed by atoms with van der Waals surface area (Å²) in [6.45, 7) is 0.427. The van der Waals surface area contributed by atoms with Crippen LogP contribution in [-0.2, 0) is 13.3 Å². The number of nitrogens with zero attached hydrogens (tertiary/aromatic N) is 4. The fourth-order valence-corrected chi connectivity index (χ4v) is 3.70. The Kier molecular flexibility index (Phi) is 6.91. The molecule has 2 aromatic carbocycles. The summed E-state index contributed by atoms with van der Waals surface area (Å²) >= 11 is 24.5. The van der Waals surface area contributed by atoms with Crippen LogP contribution in [-0.4, -0.2) is 25.5 Å². The Hall–Kier alpha value is -2.71. The number of ether oxygens (including phenoxy) is 1. The first kappa shape index (κ1) is 22.5. The largest absolute Gasteiger partial charge is 0.470 e. The van der Waals surface area contributed by atoms with Crippen LogP contribution in [0, 0.1) is 0 Å². The molecule has 164 valence electrons. The summed E-state index contributed by atoms with van der Waals surface area (Å²) in [6, 6.07) is 12.0. The first-order valence-electron chi connectivity index (χ1n) is 9.27. The van der Waals surface area contributed by atoms with Crippen LogP contribution in [0.2, 0.25) is 20.1 Å². The molecule has 0 aliphatic heterocycles. The highest BCUT2D eigenvalue weighted by molar-refractivity contribution is 6.42. The summed E-state index contributed by atoms with van der Waals surface area (Å²) in [6.07, 6.45) is 4.83. The fraction of sp³-hybridized carbons (Fsp3) is 0.0952. The summed E-state index contributed by atoms with van der Waals surface area (Å²) in [5, 5.41) is 13.0. The van der Waals surface area contributed by atoms with E-state index >= 15 is 0 Å². The van der Waals surface area contributed by atoms with Crippen molar-refractivity contribution in [2.75, 3.05) is 5.32 Å². The maximum atomic E-state index is 12.5. The van der Waals surface area contributed by atoms with Crippen LogP contribution in [0.25, 0.3) is 0 Å². The molecular formula is C21H15Cl4N5O2. The van der Waals surface area contributed by atoms with Gasteiger partial charge in [0.1, 0.15) is 10.8 Å². The molecule has 0 saturated carbocycles. The first-order chi connectivity index (χ1) is 15.4. The number of hydrogen-bond donors (Lipinski definition) is 1. The lowest BCUT2D eigenvalue weighted by Gasteiger charge is -2.08. The molecule has 0 bridgehead atoms. The van der Waals surface area contributed by atoms with E-state index in [2.05, 4.69) is 15.5 Å². The molecule has 4 aromatic rings. The molecule has 2 heterocycles. The molecular weight excluding hydrogens is 496 g/mol. The van der Waals surface area contributed by atoms with Crippen LogP contribution in [0.3, 0.4) is 0 Å². The highest BCUT2D eigenvalue weighted by Crippen LogP contribution is 2.31. The predicted molar refractivity (Wildman–Crippen MR) is 125 cm³/mol. The highest BCUT2D eigenvalue weighted by Gasteiger charge is 2.13. The number of hydrogen-bond acceptors (Lipinski definition) is 4. The zero-order valence-corrected chi connectivity index (χ0v) is 19.3.